The molecule has 154 valence electrons. The smallest absolute Gasteiger partial charge is 0.261 e. The second-order valence-electron chi connectivity index (χ2n) is 6.90. The maximum atomic E-state index is 9.57. The lowest BCUT2D eigenvalue weighted by molar-refractivity contribution is -0.917. The number of oxime groups is 1. The highest BCUT2D eigenvalue weighted by Crippen LogP contribution is 2.15. The molecule has 2 heterocycles. The van der Waals surface area contributed by atoms with Crippen molar-refractivity contribution in [2.75, 3.05) is 46.2 Å². The van der Waals surface area contributed by atoms with E-state index in [-0.39, 0.29) is 5.75 Å². The highest BCUT2D eigenvalue weighted by Gasteiger charge is 2.24. The summed E-state index contributed by atoms with van der Waals surface area (Å²) in [4.78, 5) is 4.28. The molecule has 1 aromatic rings. The number of aryl methyl sites for hydroxylation is 1. The zero-order chi connectivity index (χ0) is 20.3. The van der Waals surface area contributed by atoms with Gasteiger partial charge in [0.05, 0.1) is 39.3 Å². The van der Waals surface area contributed by atoms with Crippen molar-refractivity contribution in [1.29, 1.82) is 0 Å². The fourth-order valence-electron chi connectivity index (χ4n) is 2.78. The second kappa shape index (κ2) is 11.2. The number of quaternary nitrogens is 1. The van der Waals surface area contributed by atoms with Gasteiger partial charge in [0.2, 0.25) is 0 Å². The summed E-state index contributed by atoms with van der Waals surface area (Å²) >= 11 is 0. The number of aromatic hydroxyl groups is 1. The van der Waals surface area contributed by atoms with Gasteiger partial charge in [-0.15, -0.1) is 0 Å². The summed E-state index contributed by atoms with van der Waals surface area (Å²) in [6.07, 6.45) is 6.19. The molecule has 1 saturated heterocycles. The number of aromatic nitrogens is 1. The molecule has 0 radical (unpaired) electrons. The molecule has 1 aromatic heterocycles. The van der Waals surface area contributed by atoms with Gasteiger partial charge in [-0.25, -0.2) is 4.98 Å². The van der Waals surface area contributed by atoms with Crippen molar-refractivity contribution in [3.8, 4) is 5.75 Å². The van der Waals surface area contributed by atoms with Crippen LogP contribution in [-0.2, 0) is 21.3 Å². The Morgan fingerprint density at radius 3 is 2.48 bits per heavy atom. The highest BCUT2D eigenvalue weighted by molar-refractivity contribution is 7.85. The van der Waals surface area contributed by atoms with E-state index in [1.807, 2.05) is 6.07 Å². The molecule has 0 aliphatic carbocycles. The molecule has 27 heavy (non-hydrogen) atoms. The Labute approximate surface area is 160 Å². The minimum absolute atomic E-state index is 0.0336. The molecule has 0 bridgehead atoms. The number of morpholine rings is 1. The van der Waals surface area contributed by atoms with Crippen molar-refractivity contribution in [2.24, 2.45) is 5.16 Å². The van der Waals surface area contributed by atoms with Crippen molar-refractivity contribution in [3.63, 3.8) is 0 Å². The summed E-state index contributed by atoms with van der Waals surface area (Å²) in [7, 11) is -1.36. The lowest BCUT2D eigenvalue weighted by atomic mass is 10.1. The van der Waals surface area contributed by atoms with Gasteiger partial charge in [0.1, 0.15) is 24.5 Å². The SMILES string of the molecule is CS(=O)(=O)O.C[N+]1(CCCCCc2ccc(O)c(C=NO)n2)CCOCC1. The molecule has 10 heteroatoms. The predicted octanol–water partition coefficient (Wildman–Crippen LogP) is 1.29. The van der Waals surface area contributed by atoms with E-state index in [0.29, 0.717) is 11.9 Å². The second-order valence-corrected chi connectivity index (χ2v) is 8.36. The van der Waals surface area contributed by atoms with E-state index < -0.39 is 10.1 Å². The van der Waals surface area contributed by atoms with E-state index in [4.69, 9.17) is 14.5 Å². The third-order valence-corrected chi connectivity index (χ3v) is 4.32. The van der Waals surface area contributed by atoms with Crippen LogP contribution in [0.5, 0.6) is 5.75 Å². The molecule has 9 nitrogen and oxygen atoms in total. The lowest BCUT2D eigenvalue weighted by Crippen LogP contribution is -2.52. The van der Waals surface area contributed by atoms with Gasteiger partial charge in [-0.05, 0) is 37.8 Å². The average molecular weight is 405 g/mol. The van der Waals surface area contributed by atoms with E-state index in [1.165, 1.54) is 19.4 Å². The van der Waals surface area contributed by atoms with Gasteiger partial charge in [-0.1, -0.05) is 5.16 Å². The molecule has 1 aliphatic heterocycles. The largest absolute Gasteiger partial charge is 0.506 e. The van der Waals surface area contributed by atoms with Crippen molar-refractivity contribution in [3.05, 3.63) is 23.5 Å². The van der Waals surface area contributed by atoms with Crippen LogP contribution in [0.15, 0.2) is 17.3 Å². The van der Waals surface area contributed by atoms with E-state index in [0.717, 1.165) is 55.5 Å². The Morgan fingerprint density at radius 1 is 1.26 bits per heavy atom. The molecule has 0 saturated carbocycles. The highest BCUT2D eigenvalue weighted by atomic mass is 32.2. The first-order valence-corrected chi connectivity index (χ1v) is 10.7. The molecular formula is C17H30N3O6S+. The van der Waals surface area contributed by atoms with E-state index in [1.54, 1.807) is 6.07 Å². The third-order valence-electron chi connectivity index (χ3n) is 4.32. The number of unbranched alkanes of at least 4 members (excludes halogenated alkanes) is 2. The standard InChI is InChI=1S/C16H25N3O3.CH4O3S/c1-19(9-11-22-12-10-19)8-4-2-3-5-14-6-7-16(20)15(18-14)13-17-21;1-5(2,3)4/h6-7,13H,2-5,8-12H2,1H3,(H-,17,18,20,21);1H3,(H,2,3,4)/p+1. The number of ether oxygens (including phenoxy) is 1. The molecule has 0 atom stereocenters. The van der Waals surface area contributed by atoms with E-state index >= 15 is 0 Å². The first-order chi connectivity index (χ1) is 12.6. The topological polar surface area (TPSA) is 129 Å². The fraction of sp³-hybridized carbons (Fsp3) is 0.647. The first kappa shape index (κ1) is 23.3. The lowest BCUT2D eigenvalue weighted by Gasteiger charge is -2.37. The Balaban J connectivity index is 0.000000646. The molecule has 3 N–H and O–H groups in total. The van der Waals surface area contributed by atoms with Gasteiger partial charge in [0, 0.05) is 5.69 Å². The average Bonchev–Trinajstić information content (AvgIpc) is 2.57. The molecular weight excluding hydrogens is 374 g/mol. The van der Waals surface area contributed by atoms with Gasteiger partial charge in [0.25, 0.3) is 10.1 Å². The van der Waals surface area contributed by atoms with E-state index in [2.05, 4.69) is 17.2 Å². The maximum Gasteiger partial charge on any atom is 0.261 e. The molecule has 0 spiro atoms. The summed E-state index contributed by atoms with van der Waals surface area (Å²) in [5.41, 5.74) is 1.23. The van der Waals surface area contributed by atoms with Crippen LogP contribution in [0.2, 0.25) is 0 Å². The summed E-state index contributed by atoms with van der Waals surface area (Å²) in [6.45, 7) is 5.19. The van der Waals surface area contributed by atoms with Crippen LogP contribution >= 0.6 is 0 Å². The molecule has 0 unspecified atom stereocenters. The Kier molecular flexibility index (Phi) is 9.64. The normalized spacial score (nSPS) is 16.7. The van der Waals surface area contributed by atoms with Gasteiger partial charge in [0.15, 0.2) is 0 Å². The van der Waals surface area contributed by atoms with Gasteiger partial charge >= 0.3 is 0 Å². The molecule has 2 rings (SSSR count). The van der Waals surface area contributed by atoms with Crippen molar-refractivity contribution >= 4 is 16.3 Å². The van der Waals surface area contributed by atoms with Crippen LogP contribution in [0.25, 0.3) is 0 Å². The summed E-state index contributed by atoms with van der Waals surface area (Å²) in [6, 6.07) is 3.42. The number of hydrogen-bond acceptors (Lipinski definition) is 7. The zero-order valence-electron chi connectivity index (χ0n) is 15.9. The Morgan fingerprint density at radius 2 is 1.89 bits per heavy atom. The number of nitrogens with zero attached hydrogens (tertiary/aromatic N) is 3. The van der Waals surface area contributed by atoms with Crippen molar-refractivity contribution < 1.29 is 32.5 Å². The van der Waals surface area contributed by atoms with Gasteiger partial charge in [-0.2, -0.15) is 8.42 Å². The maximum absolute atomic E-state index is 9.57. The summed E-state index contributed by atoms with van der Waals surface area (Å²) in [5, 5.41) is 21.0. The number of hydrogen-bond donors (Lipinski definition) is 3. The molecule has 0 aromatic carbocycles. The van der Waals surface area contributed by atoms with Crippen LogP contribution in [0.3, 0.4) is 0 Å². The van der Waals surface area contributed by atoms with E-state index in [9.17, 15) is 13.5 Å². The molecule has 1 fully saturated rings. The molecule has 0 amide bonds. The van der Waals surface area contributed by atoms with Crippen molar-refractivity contribution in [2.45, 2.75) is 25.7 Å². The Hall–Kier alpha value is -1.75. The van der Waals surface area contributed by atoms with Gasteiger partial charge < -0.3 is 19.5 Å². The van der Waals surface area contributed by atoms with Gasteiger partial charge in [-0.3, -0.25) is 4.55 Å². The fourth-order valence-corrected chi connectivity index (χ4v) is 2.78. The van der Waals surface area contributed by atoms with Crippen LogP contribution in [0, 0.1) is 0 Å². The molecule has 1 aliphatic rings. The minimum atomic E-state index is -3.67. The number of likely N-dealkylation sites (N-methyl/N-ethyl adjacent to an activating group) is 1. The summed E-state index contributed by atoms with van der Waals surface area (Å²) in [5.74, 6) is 0.0336. The van der Waals surface area contributed by atoms with Crippen molar-refractivity contribution in [1.82, 2.24) is 4.98 Å². The number of pyridine rings is 1. The predicted molar refractivity (Wildman–Crippen MR) is 102 cm³/mol. The Bertz CT molecular complexity index is 695. The van der Waals surface area contributed by atoms with Crippen LogP contribution in [0.1, 0.15) is 30.7 Å². The summed E-state index contributed by atoms with van der Waals surface area (Å²) < 4.78 is 32.4. The van der Waals surface area contributed by atoms with Crippen LogP contribution in [-0.4, -0.2) is 85.1 Å². The quantitative estimate of drug-likeness (QED) is 0.156. The monoisotopic (exact) mass is 404 g/mol. The zero-order valence-corrected chi connectivity index (χ0v) is 16.7. The van der Waals surface area contributed by atoms with Crippen LogP contribution < -0.4 is 0 Å². The third kappa shape index (κ3) is 10.9. The van der Waals surface area contributed by atoms with Crippen LogP contribution in [0.4, 0.5) is 0 Å². The first-order valence-electron chi connectivity index (χ1n) is 8.83. The number of rotatable bonds is 7. The minimum Gasteiger partial charge on any atom is -0.506 e.